The molecule has 0 radical (unpaired) electrons. The molecule has 0 saturated heterocycles. The van der Waals surface area contributed by atoms with E-state index < -0.39 is 11.9 Å². The van der Waals surface area contributed by atoms with Gasteiger partial charge in [0.25, 0.3) is 0 Å². The summed E-state index contributed by atoms with van der Waals surface area (Å²) in [6, 6.07) is 5.65. The third kappa shape index (κ3) is 5.34. The molecule has 1 saturated carbocycles. The van der Waals surface area contributed by atoms with Crippen LogP contribution in [-0.4, -0.2) is 48.4 Å². The molecule has 1 amide bonds. The van der Waals surface area contributed by atoms with Gasteiger partial charge in [0.05, 0.1) is 11.4 Å². The van der Waals surface area contributed by atoms with Crippen molar-refractivity contribution in [1.82, 2.24) is 15.6 Å². The maximum absolute atomic E-state index is 13.5. The summed E-state index contributed by atoms with van der Waals surface area (Å²) < 4.78 is 40.4. The molecule has 0 spiro atoms. The number of hydrogen-bond donors (Lipinski definition) is 2. The fourth-order valence-electron chi connectivity index (χ4n) is 4.65. The molecule has 1 aliphatic heterocycles. The topological polar surface area (TPSA) is 69.6 Å². The lowest BCUT2D eigenvalue weighted by atomic mass is 9.89. The number of rotatable bonds is 4. The van der Waals surface area contributed by atoms with Crippen LogP contribution in [0.15, 0.2) is 29.3 Å². The molecular weight excluding hydrogens is 455 g/mol. The summed E-state index contributed by atoms with van der Waals surface area (Å²) in [4.78, 5) is 22.5. The number of anilines is 1. The second-order valence-electron chi connectivity index (χ2n) is 8.76. The number of nitrogens with zero attached hydrogens (tertiary/aromatic N) is 3. The van der Waals surface area contributed by atoms with Gasteiger partial charge in [0.2, 0.25) is 5.91 Å². The smallest absolute Gasteiger partial charge is 0.371 e. The molecule has 6 nitrogen and oxygen atoms in total. The Morgan fingerprint density at radius 2 is 1.91 bits per heavy atom. The zero-order valence-corrected chi connectivity index (χ0v) is 19.3. The molecular formula is C23H27ClF3N5O. The number of halogens is 4. The lowest BCUT2D eigenvalue weighted by Crippen LogP contribution is -2.52. The number of aliphatic imine (C=N–C) groups is 1. The largest absolute Gasteiger partial charge is 0.433 e. The first-order chi connectivity index (χ1) is 15.6. The number of hydrogen-bond acceptors (Lipinski definition) is 5. The van der Waals surface area contributed by atoms with Crippen LogP contribution in [0.4, 0.5) is 18.9 Å². The number of amidine groups is 1. The molecule has 1 aromatic carbocycles. The Balaban J connectivity index is 1.46. The lowest BCUT2D eigenvalue weighted by molar-refractivity contribution is -0.140. The molecule has 178 valence electrons. The van der Waals surface area contributed by atoms with Crippen LogP contribution in [0.3, 0.4) is 0 Å². The van der Waals surface area contributed by atoms with Crippen LogP contribution >= 0.6 is 11.6 Å². The Bertz CT molecular complexity index is 1070. The summed E-state index contributed by atoms with van der Waals surface area (Å²) in [7, 11) is 1.81. The van der Waals surface area contributed by atoms with E-state index >= 15 is 0 Å². The van der Waals surface area contributed by atoms with E-state index in [1.54, 1.807) is 12.1 Å². The third-order valence-electron chi connectivity index (χ3n) is 6.48. The second-order valence-corrected chi connectivity index (χ2v) is 9.20. The van der Waals surface area contributed by atoms with Crippen molar-refractivity contribution in [1.29, 1.82) is 0 Å². The highest BCUT2D eigenvalue weighted by Gasteiger charge is 2.35. The average molecular weight is 482 g/mol. The standard InChI is InChI=1S/C23H27ClF3N5O/c1-13-28-10-9-19(29-13)22(33)30-15-4-6-16(7-5-15)32(2)20-12-21(23(25,26)27)31-18-8-3-14(24)11-17(18)20/h3,8,11-12,15-16,19H,4-7,9-10H2,1-2H3,(H,28,29)(H,30,33)/t15-,16+,19-/m0/s1. The summed E-state index contributed by atoms with van der Waals surface area (Å²) in [5.74, 6) is 0.750. The molecule has 1 aliphatic carbocycles. The van der Waals surface area contributed by atoms with Gasteiger partial charge >= 0.3 is 6.18 Å². The molecule has 4 rings (SSSR count). The van der Waals surface area contributed by atoms with Gasteiger partial charge in [-0.3, -0.25) is 9.79 Å². The first-order valence-corrected chi connectivity index (χ1v) is 11.5. The van der Waals surface area contributed by atoms with E-state index in [1.807, 2.05) is 18.9 Å². The van der Waals surface area contributed by atoms with E-state index in [1.165, 1.54) is 6.07 Å². The Labute approximate surface area is 195 Å². The predicted molar refractivity (Wildman–Crippen MR) is 124 cm³/mol. The van der Waals surface area contributed by atoms with E-state index in [0.29, 0.717) is 29.1 Å². The summed E-state index contributed by atoms with van der Waals surface area (Å²) in [5.41, 5.74) is -0.196. The van der Waals surface area contributed by atoms with Crippen molar-refractivity contribution < 1.29 is 18.0 Å². The molecule has 2 heterocycles. The number of aromatic nitrogens is 1. The van der Waals surface area contributed by atoms with Gasteiger partial charge in [0.15, 0.2) is 0 Å². The lowest BCUT2D eigenvalue weighted by Gasteiger charge is -2.37. The van der Waals surface area contributed by atoms with Crippen molar-refractivity contribution in [3.8, 4) is 0 Å². The second kappa shape index (κ2) is 9.37. The summed E-state index contributed by atoms with van der Waals surface area (Å²) in [6.45, 7) is 2.49. The number of alkyl halides is 3. The number of carbonyl (C=O) groups excluding carboxylic acids is 1. The highest BCUT2D eigenvalue weighted by molar-refractivity contribution is 6.31. The van der Waals surface area contributed by atoms with Crippen molar-refractivity contribution in [2.24, 2.45) is 4.99 Å². The van der Waals surface area contributed by atoms with Crippen molar-refractivity contribution >= 4 is 39.9 Å². The summed E-state index contributed by atoms with van der Waals surface area (Å²) in [6.07, 6.45) is -0.841. The number of fused-ring (bicyclic) bond motifs is 1. The molecule has 10 heteroatoms. The zero-order valence-electron chi connectivity index (χ0n) is 18.5. The molecule has 1 aromatic heterocycles. The molecule has 1 atom stereocenters. The minimum atomic E-state index is -4.54. The number of carbonyl (C=O) groups is 1. The fourth-order valence-corrected chi connectivity index (χ4v) is 4.82. The maximum atomic E-state index is 13.5. The monoisotopic (exact) mass is 481 g/mol. The highest BCUT2D eigenvalue weighted by atomic mass is 35.5. The van der Waals surface area contributed by atoms with E-state index in [9.17, 15) is 18.0 Å². The minimum absolute atomic E-state index is 0.0226. The zero-order chi connectivity index (χ0) is 23.8. The first kappa shape index (κ1) is 23.6. The number of benzene rings is 1. The molecule has 0 unspecified atom stereocenters. The van der Waals surface area contributed by atoms with E-state index in [2.05, 4.69) is 20.6 Å². The average Bonchev–Trinajstić information content (AvgIpc) is 2.77. The van der Waals surface area contributed by atoms with E-state index in [-0.39, 0.29) is 29.5 Å². The Morgan fingerprint density at radius 3 is 2.58 bits per heavy atom. The molecule has 1 fully saturated rings. The van der Waals surface area contributed by atoms with Crippen molar-refractivity contribution in [3.63, 3.8) is 0 Å². The van der Waals surface area contributed by atoms with Gasteiger partial charge in [-0.2, -0.15) is 13.2 Å². The van der Waals surface area contributed by atoms with Crippen molar-refractivity contribution in [3.05, 3.63) is 35.0 Å². The van der Waals surface area contributed by atoms with Crippen LogP contribution < -0.4 is 15.5 Å². The van der Waals surface area contributed by atoms with Gasteiger partial charge in [0.1, 0.15) is 11.7 Å². The number of nitrogens with one attached hydrogen (secondary N) is 2. The number of amides is 1. The van der Waals surface area contributed by atoms with Gasteiger partial charge in [-0.1, -0.05) is 11.6 Å². The fraction of sp³-hybridized carbons (Fsp3) is 0.522. The SMILES string of the molecule is CC1=NCC[C@@H](C(=O)N[C@H]2CC[C@@H](N(C)c3cc(C(F)(F)F)nc4ccc(Cl)cc34)CC2)N1. The van der Waals surface area contributed by atoms with Crippen LogP contribution in [0, 0.1) is 0 Å². The molecule has 2 aliphatic rings. The molecule has 0 bridgehead atoms. The van der Waals surface area contributed by atoms with E-state index in [0.717, 1.165) is 37.6 Å². The quantitative estimate of drug-likeness (QED) is 0.672. The van der Waals surface area contributed by atoms with Gasteiger partial charge in [0, 0.05) is 41.8 Å². The molecule has 2 N–H and O–H groups in total. The van der Waals surface area contributed by atoms with Crippen LogP contribution in [0.1, 0.15) is 44.7 Å². The Morgan fingerprint density at radius 1 is 1.18 bits per heavy atom. The highest BCUT2D eigenvalue weighted by Crippen LogP contribution is 2.37. The first-order valence-electron chi connectivity index (χ1n) is 11.1. The minimum Gasteiger partial charge on any atom is -0.371 e. The van der Waals surface area contributed by atoms with Gasteiger partial charge < -0.3 is 15.5 Å². The maximum Gasteiger partial charge on any atom is 0.433 e. The van der Waals surface area contributed by atoms with Crippen molar-refractivity contribution in [2.75, 3.05) is 18.5 Å². The molecule has 2 aromatic rings. The molecule has 33 heavy (non-hydrogen) atoms. The van der Waals surface area contributed by atoms with Crippen LogP contribution in [-0.2, 0) is 11.0 Å². The third-order valence-corrected chi connectivity index (χ3v) is 6.71. The normalized spacial score (nSPS) is 23.6. The number of pyridine rings is 1. The summed E-state index contributed by atoms with van der Waals surface area (Å²) >= 11 is 6.13. The van der Waals surface area contributed by atoms with Gasteiger partial charge in [-0.15, -0.1) is 0 Å². The Hall–Kier alpha value is -2.55. The van der Waals surface area contributed by atoms with Crippen LogP contribution in [0.2, 0.25) is 5.02 Å². The summed E-state index contributed by atoms with van der Waals surface area (Å²) in [5, 5.41) is 7.28. The van der Waals surface area contributed by atoms with Crippen LogP contribution in [0.5, 0.6) is 0 Å². The Kier molecular flexibility index (Phi) is 6.70. The van der Waals surface area contributed by atoms with Gasteiger partial charge in [-0.05, 0) is 63.3 Å². The van der Waals surface area contributed by atoms with Crippen LogP contribution in [0.25, 0.3) is 10.9 Å². The predicted octanol–water partition coefficient (Wildman–Crippen LogP) is 4.55. The van der Waals surface area contributed by atoms with Crippen molar-refractivity contribution in [2.45, 2.75) is 63.3 Å². The van der Waals surface area contributed by atoms with Gasteiger partial charge in [-0.25, -0.2) is 4.98 Å². The van der Waals surface area contributed by atoms with E-state index in [4.69, 9.17) is 11.6 Å².